The van der Waals surface area contributed by atoms with Crippen molar-refractivity contribution in [2.45, 2.75) is 31.9 Å². The number of methoxy groups -OCH3 is 2. The number of thioether (sulfide) groups is 1. The predicted octanol–water partition coefficient (Wildman–Crippen LogP) is 4.01. The lowest BCUT2D eigenvalue weighted by molar-refractivity contribution is -0.128. The fourth-order valence-electron chi connectivity index (χ4n) is 3.37. The van der Waals surface area contributed by atoms with Crippen LogP contribution in [-0.4, -0.2) is 60.8 Å². The van der Waals surface area contributed by atoms with Crippen LogP contribution >= 0.6 is 11.8 Å². The molecule has 9 heteroatoms. The number of amidine groups is 1. The topological polar surface area (TPSA) is 92.6 Å². The first-order chi connectivity index (χ1) is 16.4. The van der Waals surface area contributed by atoms with Crippen molar-refractivity contribution in [3.63, 3.8) is 0 Å². The van der Waals surface area contributed by atoms with Crippen molar-refractivity contribution in [1.82, 2.24) is 5.01 Å². The van der Waals surface area contributed by atoms with Gasteiger partial charge in [-0.3, -0.25) is 14.6 Å². The number of aryl methyl sites for hydroxylation is 2. The highest BCUT2D eigenvalue weighted by Gasteiger charge is 2.39. The molecule has 0 radical (unpaired) electrons. The van der Waals surface area contributed by atoms with E-state index in [0.717, 1.165) is 34.5 Å². The number of hydrogen-bond acceptors (Lipinski definition) is 7. The molecule has 1 unspecified atom stereocenters. The van der Waals surface area contributed by atoms with Crippen molar-refractivity contribution in [2.75, 3.05) is 32.7 Å². The summed E-state index contributed by atoms with van der Waals surface area (Å²) >= 11 is 1.26. The number of nitrogens with zero attached hydrogens (tertiary/aromatic N) is 3. The van der Waals surface area contributed by atoms with Crippen LogP contribution in [0.5, 0.6) is 5.75 Å². The molecule has 34 heavy (non-hydrogen) atoms. The molecular formula is C25H30N4O4S. The third-order valence-electron chi connectivity index (χ3n) is 5.22. The van der Waals surface area contributed by atoms with Gasteiger partial charge in [-0.05, 0) is 61.2 Å². The fourth-order valence-corrected chi connectivity index (χ4v) is 4.46. The number of aliphatic imine (C=N–C) groups is 1. The summed E-state index contributed by atoms with van der Waals surface area (Å²) in [5, 5.41) is 8.51. The first kappa shape index (κ1) is 25.5. The second-order valence-corrected chi connectivity index (χ2v) is 8.97. The van der Waals surface area contributed by atoms with E-state index in [0.29, 0.717) is 18.3 Å². The van der Waals surface area contributed by atoms with E-state index in [4.69, 9.17) is 9.47 Å². The molecule has 1 heterocycles. The first-order valence-corrected chi connectivity index (χ1v) is 11.9. The number of carbonyl (C=O) groups is 2. The highest BCUT2D eigenvalue weighted by atomic mass is 32.2. The maximum atomic E-state index is 13.1. The molecule has 0 aliphatic carbocycles. The number of nitrogens with one attached hydrogen (secondary N) is 1. The number of hydrazone groups is 1. The Bertz CT molecular complexity index is 1050. The van der Waals surface area contributed by atoms with Gasteiger partial charge in [-0.1, -0.05) is 30.0 Å². The van der Waals surface area contributed by atoms with E-state index < -0.39 is 5.25 Å². The predicted molar refractivity (Wildman–Crippen MR) is 137 cm³/mol. The monoisotopic (exact) mass is 482 g/mol. The van der Waals surface area contributed by atoms with E-state index in [2.05, 4.69) is 15.4 Å². The highest BCUT2D eigenvalue weighted by Crippen LogP contribution is 2.31. The molecule has 0 saturated carbocycles. The molecule has 0 aromatic heterocycles. The standard InChI is InChI=1S/C25H30N4O4S/c1-17-7-5-8-18(2)23(17)28-22(30)15-21-24(31)29(25(34-21)26-13-6-14-32-3)27-16-19-9-11-20(33-4)12-10-19/h5,7-12,16,21H,6,13-15H2,1-4H3,(H,28,30). The average Bonchev–Trinajstić information content (AvgIpc) is 3.12. The van der Waals surface area contributed by atoms with Gasteiger partial charge in [0.15, 0.2) is 5.17 Å². The van der Waals surface area contributed by atoms with Gasteiger partial charge in [0.05, 0.1) is 13.3 Å². The molecule has 1 saturated heterocycles. The van der Waals surface area contributed by atoms with Gasteiger partial charge in [-0.2, -0.15) is 10.1 Å². The second-order valence-electron chi connectivity index (χ2n) is 7.80. The number of hydrogen-bond donors (Lipinski definition) is 1. The Balaban J connectivity index is 1.73. The van der Waals surface area contributed by atoms with Crippen LogP contribution in [0.1, 0.15) is 29.5 Å². The van der Waals surface area contributed by atoms with E-state index in [9.17, 15) is 9.59 Å². The van der Waals surface area contributed by atoms with Gasteiger partial charge in [0.25, 0.3) is 5.91 Å². The van der Waals surface area contributed by atoms with Crippen molar-refractivity contribution in [3.8, 4) is 5.75 Å². The summed E-state index contributed by atoms with van der Waals surface area (Å²) in [5.74, 6) is 0.250. The lowest BCUT2D eigenvalue weighted by Crippen LogP contribution is -2.30. The zero-order valence-electron chi connectivity index (χ0n) is 19.9. The van der Waals surface area contributed by atoms with E-state index in [1.54, 1.807) is 20.4 Å². The molecule has 1 aliphatic rings. The molecule has 2 aromatic carbocycles. The Morgan fingerprint density at radius 1 is 1.15 bits per heavy atom. The Kier molecular flexibility index (Phi) is 9.24. The van der Waals surface area contributed by atoms with Crippen LogP contribution in [0.4, 0.5) is 5.69 Å². The van der Waals surface area contributed by atoms with Gasteiger partial charge in [0, 0.05) is 32.4 Å². The fraction of sp³-hybridized carbons (Fsp3) is 0.360. The Labute approximate surface area is 204 Å². The van der Waals surface area contributed by atoms with Crippen LogP contribution in [0.3, 0.4) is 0 Å². The third-order valence-corrected chi connectivity index (χ3v) is 6.39. The number of amides is 2. The molecule has 1 N–H and O–H groups in total. The maximum absolute atomic E-state index is 13.1. The van der Waals surface area contributed by atoms with Crippen molar-refractivity contribution < 1.29 is 19.1 Å². The van der Waals surface area contributed by atoms with Crippen LogP contribution in [0, 0.1) is 13.8 Å². The number of anilines is 1. The number of ether oxygens (including phenoxy) is 2. The summed E-state index contributed by atoms with van der Waals surface area (Å²) in [6.07, 6.45) is 2.35. The number of benzene rings is 2. The normalized spacial score (nSPS) is 17.1. The van der Waals surface area contributed by atoms with E-state index in [-0.39, 0.29) is 18.2 Å². The summed E-state index contributed by atoms with van der Waals surface area (Å²) < 4.78 is 10.3. The molecule has 1 atom stereocenters. The van der Waals surface area contributed by atoms with E-state index >= 15 is 0 Å². The molecule has 1 aliphatic heterocycles. The molecule has 3 rings (SSSR count). The van der Waals surface area contributed by atoms with Crippen LogP contribution in [-0.2, 0) is 14.3 Å². The van der Waals surface area contributed by atoms with Crippen LogP contribution in [0.15, 0.2) is 52.6 Å². The molecule has 2 amide bonds. The summed E-state index contributed by atoms with van der Waals surface area (Å²) in [7, 11) is 3.24. The Morgan fingerprint density at radius 2 is 1.85 bits per heavy atom. The Morgan fingerprint density at radius 3 is 2.50 bits per heavy atom. The number of carbonyl (C=O) groups excluding carboxylic acids is 2. The molecule has 0 bridgehead atoms. The third kappa shape index (κ3) is 6.68. The summed E-state index contributed by atoms with van der Waals surface area (Å²) in [5.41, 5.74) is 3.55. The number of para-hydroxylation sites is 1. The van der Waals surface area contributed by atoms with Gasteiger partial charge in [0.1, 0.15) is 11.0 Å². The average molecular weight is 483 g/mol. The SMILES string of the molecule is COCCCN=C1SC(CC(=O)Nc2c(C)cccc2C)C(=O)N1N=Cc1ccc(OC)cc1. The largest absolute Gasteiger partial charge is 0.497 e. The van der Waals surface area contributed by atoms with E-state index in [1.807, 2.05) is 56.3 Å². The van der Waals surface area contributed by atoms with Gasteiger partial charge >= 0.3 is 0 Å². The molecule has 180 valence electrons. The summed E-state index contributed by atoms with van der Waals surface area (Å²) in [6.45, 7) is 4.96. The summed E-state index contributed by atoms with van der Waals surface area (Å²) in [4.78, 5) is 30.4. The zero-order valence-corrected chi connectivity index (χ0v) is 20.7. The first-order valence-electron chi connectivity index (χ1n) is 11.0. The van der Waals surface area contributed by atoms with Gasteiger partial charge in [-0.25, -0.2) is 0 Å². The van der Waals surface area contributed by atoms with Crippen molar-refractivity contribution in [3.05, 3.63) is 59.2 Å². The van der Waals surface area contributed by atoms with Crippen molar-refractivity contribution >= 4 is 40.6 Å². The maximum Gasteiger partial charge on any atom is 0.263 e. The minimum atomic E-state index is -0.599. The van der Waals surface area contributed by atoms with Crippen molar-refractivity contribution in [2.24, 2.45) is 10.1 Å². The van der Waals surface area contributed by atoms with Gasteiger partial charge < -0.3 is 14.8 Å². The van der Waals surface area contributed by atoms with Crippen LogP contribution in [0.2, 0.25) is 0 Å². The number of rotatable bonds is 10. The minimum Gasteiger partial charge on any atom is -0.497 e. The van der Waals surface area contributed by atoms with Gasteiger partial charge in [-0.15, -0.1) is 0 Å². The molecule has 2 aromatic rings. The summed E-state index contributed by atoms with van der Waals surface area (Å²) in [6, 6.07) is 13.2. The highest BCUT2D eigenvalue weighted by molar-refractivity contribution is 8.15. The molecule has 0 spiro atoms. The van der Waals surface area contributed by atoms with Gasteiger partial charge in [0.2, 0.25) is 5.91 Å². The van der Waals surface area contributed by atoms with Crippen LogP contribution in [0.25, 0.3) is 0 Å². The van der Waals surface area contributed by atoms with Crippen LogP contribution < -0.4 is 10.1 Å². The second kappa shape index (κ2) is 12.3. The van der Waals surface area contributed by atoms with E-state index in [1.165, 1.54) is 16.8 Å². The molecule has 1 fully saturated rings. The van der Waals surface area contributed by atoms with Crippen molar-refractivity contribution in [1.29, 1.82) is 0 Å². The zero-order chi connectivity index (χ0) is 24.5. The molecular weight excluding hydrogens is 452 g/mol. The quantitative estimate of drug-likeness (QED) is 0.408. The smallest absolute Gasteiger partial charge is 0.263 e. The lowest BCUT2D eigenvalue weighted by Gasteiger charge is -2.13. The minimum absolute atomic E-state index is 0.0307. The molecule has 8 nitrogen and oxygen atoms in total. The lowest BCUT2D eigenvalue weighted by atomic mass is 10.1. The Hall–Kier alpha value is -3.17.